The summed E-state index contributed by atoms with van der Waals surface area (Å²) in [6, 6.07) is 12.4. The lowest BCUT2D eigenvalue weighted by Crippen LogP contribution is -2.35. The van der Waals surface area contributed by atoms with E-state index in [1.165, 1.54) is 47.8 Å². The molecule has 0 unspecified atom stereocenters. The van der Waals surface area contributed by atoms with E-state index in [0.717, 1.165) is 96.6 Å². The molecule has 4 aliphatic heterocycles. The maximum absolute atomic E-state index is 14.7. The minimum Gasteiger partial charge on any atom is -0.478 e. The number of fused-ring (bicyclic) bond motifs is 2. The molecule has 6 aromatic rings. The molecule has 4 atom stereocenters. The molecule has 10 rings (SSSR count). The number of hydrogen-bond donors (Lipinski definition) is 2. The van der Waals surface area contributed by atoms with Crippen LogP contribution in [0.25, 0.3) is 11.4 Å². The van der Waals surface area contributed by atoms with Crippen LogP contribution < -0.4 is 15.1 Å². The van der Waals surface area contributed by atoms with Gasteiger partial charge in [-0.3, -0.25) is 4.79 Å². The van der Waals surface area contributed by atoms with Gasteiger partial charge < -0.3 is 25.1 Å². The van der Waals surface area contributed by atoms with Crippen molar-refractivity contribution in [1.29, 1.82) is 0 Å². The molecule has 0 aliphatic carbocycles. The first-order valence-electron chi connectivity index (χ1n) is 20.1. The number of carbonyl (C=O) groups is 2. The Bertz CT molecular complexity index is 2460. The van der Waals surface area contributed by atoms with Gasteiger partial charge in [0, 0.05) is 87.0 Å². The standard InChI is InChI=1S/C21H22FN7O.C12H18N4.C9H6FN3O2.2CH4/c1-13-8-14(2)26-21(25-13)28-11-15-9-27(10-16(15)12-28)20(30)19-17(22)4-3-5-18(19)29-23-6-7-24-29;1-8-3-9(2)15-12(14-8)16-6-10-4-13-5-11(10)7-16;10-6-2-1-3-7(8(6)9(14)15)13-11-4-5-12-13;;/h3-8,15-16H,9-12H2,1-2H3;3,10-11,13H,4-7H2,1-2H3;1-5H,(H,14,15);2*1H4/t15-,16+;10-,11+;;;. The van der Waals surface area contributed by atoms with Gasteiger partial charge in [0.15, 0.2) is 0 Å². The summed E-state index contributed by atoms with van der Waals surface area (Å²) in [5.74, 6) is 0.869. The van der Waals surface area contributed by atoms with Crippen LogP contribution in [0.15, 0.2) is 73.3 Å². The van der Waals surface area contributed by atoms with Crippen LogP contribution in [0.5, 0.6) is 0 Å². The summed E-state index contributed by atoms with van der Waals surface area (Å²) in [6.07, 6.45) is 5.78. The number of aromatic nitrogens is 10. The van der Waals surface area contributed by atoms with E-state index in [0.29, 0.717) is 30.6 Å². The predicted molar refractivity (Wildman–Crippen MR) is 233 cm³/mol. The molecule has 63 heavy (non-hydrogen) atoms. The lowest BCUT2D eigenvalue weighted by molar-refractivity contribution is 0.0690. The first kappa shape index (κ1) is 45.8. The molecule has 0 spiro atoms. The number of amides is 1. The zero-order valence-electron chi connectivity index (χ0n) is 34.2. The van der Waals surface area contributed by atoms with Crippen molar-refractivity contribution in [2.45, 2.75) is 42.5 Å². The van der Waals surface area contributed by atoms with Gasteiger partial charge in [-0.25, -0.2) is 33.5 Å². The van der Waals surface area contributed by atoms with Gasteiger partial charge in [-0.15, -0.1) is 0 Å². The van der Waals surface area contributed by atoms with Crippen LogP contribution in [0.2, 0.25) is 0 Å². The van der Waals surface area contributed by atoms with Gasteiger partial charge >= 0.3 is 5.97 Å². The minimum absolute atomic E-state index is 0. The SMILES string of the molecule is C.C.Cc1cc(C)nc(N2C[C@H]3CN(C(=O)c4c(F)cccc4-n4nccn4)C[C@H]3C2)n1.Cc1cc(C)nc(N2C[C@H]3CNC[C@H]3C2)n1.O=C(O)c1c(F)cccc1-n1nccn1. The Labute approximate surface area is 365 Å². The number of anilines is 2. The summed E-state index contributed by atoms with van der Waals surface area (Å²) < 4.78 is 27.9. The number of benzene rings is 2. The maximum Gasteiger partial charge on any atom is 0.340 e. The number of halogens is 2. The second-order valence-corrected chi connectivity index (χ2v) is 15.8. The molecular formula is C44H54F2N14O3. The highest BCUT2D eigenvalue weighted by Crippen LogP contribution is 2.35. The molecule has 4 aromatic heterocycles. The van der Waals surface area contributed by atoms with Crippen molar-refractivity contribution in [2.24, 2.45) is 23.7 Å². The van der Waals surface area contributed by atoms with E-state index in [9.17, 15) is 18.4 Å². The number of nitrogens with one attached hydrogen (secondary N) is 1. The molecule has 0 saturated carbocycles. The van der Waals surface area contributed by atoms with E-state index in [1.807, 2.05) is 39.8 Å². The molecule has 1 amide bonds. The van der Waals surface area contributed by atoms with E-state index in [2.05, 4.69) is 55.4 Å². The highest BCUT2D eigenvalue weighted by molar-refractivity contribution is 5.98. The fourth-order valence-corrected chi connectivity index (χ4v) is 8.66. The Hall–Kier alpha value is -6.76. The van der Waals surface area contributed by atoms with Crippen molar-refractivity contribution in [3.63, 3.8) is 0 Å². The van der Waals surface area contributed by atoms with Gasteiger partial charge in [0.05, 0.1) is 24.8 Å². The molecule has 4 fully saturated rings. The van der Waals surface area contributed by atoms with Crippen molar-refractivity contribution in [2.75, 3.05) is 62.2 Å². The molecule has 2 N–H and O–H groups in total. The van der Waals surface area contributed by atoms with Crippen molar-refractivity contribution < 1.29 is 23.5 Å². The Morgan fingerprint density at radius 1 is 0.587 bits per heavy atom. The number of nitrogens with zero attached hydrogens (tertiary/aromatic N) is 13. The highest BCUT2D eigenvalue weighted by atomic mass is 19.1. The lowest BCUT2D eigenvalue weighted by atomic mass is 10.0. The second kappa shape index (κ2) is 19.5. The minimum atomic E-state index is -1.35. The molecule has 4 aliphatic rings. The summed E-state index contributed by atoms with van der Waals surface area (Å²) in [4.78, 5) is 50.9. The van der Waals surface area contributed by atoms with E-state index < -0.39 is 23.2 Å². The first-order chi connectivity index (χ1) is 29.4. The zero-order valence-corrected chi connectivity index (χ0v) is 34.2. The topological polar surface area (TPSA) is 189 Å². The van der Waals surface area contributed by atoms with Crippen LogP contribution in [-0.4, -0.2) is 124 Å². The van der Waals surface area contributed by atoms with Crippen LogP contribution >= 0.6 is 0 Å². The molecule has 332 valence electrons. The van der Waals surface area contributed by atoms with Crippen molar-refractivity contribution in [3.05, 3.63) is 119 Å². The lowest BCUT2D eigenvalue weighted by Gasteiger charge is -2.23. The Kier molecular flexibility index (Phi) is 14.2. The predicted octanol–water partition coefficient (Wildman–Crippen LogP) is 5.15. The van der Waals surface area contributed by atoms with Crippen molar-refractivity contribution in [1.82, 2.24) is 60.1 Å². The molecule has 17 nitrogen and oxygen atoms in total. The summed E-state index contributed by atoms with van der Waals surface area (Å²) in [7, 11) is 0. The number of hydrogen-bond acceptors (Lipinski definition) is 13. The fourth-order valence-electron chi connectivity index (χ4n) is 8.66. The smallest absolute Gasteiger partial charge is 0.340 e. The van der Waals surface area contributed by atoms with Gasteiger partial charge in [-0.1, -0.05) is 27.0 Å². The zero-order chi connectivity index (χ0) is 42.8. The molecule has 19 heteroatoms. The van der Waals surface area contributed by atoms with Crippen LogP contribution in [0.3, 0.4) is 0 Å². The first-order valence-corrected chi connectivity index (χ1v) is 20.1. The average molecular weight is 865 g/mol. The summed E-state index contributed by atoms with van der Waals surface area (Å²) in [5.41, 5.74) is 4.07. The summed E-state index contributed by atoms with van der Waals surface area (Å²) in [5, 5.41) is 27.9. The average Bonchev–Trinajstić information content (AvgIpc) is 4.06. The van der Waals surface area contributed by atoms with Crippen molar-refractivity contribution >= 4 is 23.8 Å². The number of rotatable bonds is 6. The normalized spacial score (nSPS) is 19.5. The molecular weight excluding hydrogens is 811 g/mol. The number of carboxylic acids is 1. The second-order valence-electron chi connectivity index (χ2n) is 15.8. The van der Waals surface area contributed by atoms with Crippen LogP contribution in [0.1, 0.15) is 58.3 Å². The van der Waals surface area contributed by atoms with Crippen molar-refractivity contribution in [3.8, 4) is 11.4 Å². The van der Waals surface area contributed by atoms with E-state index in [1.54, 1.807) is 17.0 Å². The molecule has 0 radical (unpaired) electrons. The quantitative estimate of drug-likeness (QED) is 0.224. The van der Waals surface area contributed by atoms with Crippen LogP contribution in [0.4, 0.5) is 20.7 Å². The molecule has 4 saturated heterocycles. The summed E-state index contributed by atoms with van der Waals surface area (Å²) >= 11 is 0. The number of aryl methyl sites for hydroxylation is 4. The third-order valence-electron chi connectivity index (χ3n) is 11.3. The third kappa shape index (κ3) is 9.98. The monoisotopic (exact) mass is 864 g/mol. The van der Waals surface area contributed by atoms with Crippen LogP contribution in [0, 0.1) is 63.0 Å². The number of aromatic carboxylic acids is 1. The number of carboxylic acid groups (broad SMARTS) is 1. The Morgan fingerprint density at radius 2 is 0.968 bits per heavy atom. The summed E-state index contributed by atoms with van der Waals surface area (Å²) in [6.45, 7) is 15.3. The number of likely N-dealkylation sites (tertiary alicyclic amines) is 1. The van der Waals surface area contributed by atoms with E-state index in [-0.39, 0.29) is 32.0 Å². The van der Waals surface area contributed by atoms with Gasteiger partial charge in [-0.05, 0) is 75.9 Å². The largest absolute Gasteiger partial charge is 0.478 e. The van der Waals surface area contributed by atoms with Crippen LogP contribution in [-0.2, 0) is 0 Å². The van der Waals surface area contributed by atoms with Gasteiger partial charge in [0.1, 0.15) is 34.1 Å². The number of carbonyl (C=O) groups excluding carboxylic acids is 1. The molecule has 2 aromatic carbocycles. The third-order valence-corrected chi connectivity index (χ3v) is 11.3. The van der Waals surface area contributed by atoms with E-state index >= 15 is 0 Å². The van der Waals surface area contributed by atoms with E-state index in [4.69, 9.17) is 5.11 Å². The fraction of sp³-hybridized carbons (Fsp3) is 0.409. The Morgan fingerprint density at radius 3 is 1.38 bits per heavy atom. The van der Waals surface area contributed by atoms with Gasteiger partial charge in [-0.2, -0.15) is 30.0 Å². The highest BCUT2D eigenvalue weighted by Gasteiger charge is 2.43. The Balaban J connectivity index is 0.000000170. The van der Waals surface area contributed by atoms with Gasteiger partial charge in [0.2, 0.25) is 11.9 Å². The molecule has 8 heterocycles. The maximum atomic E-state index is 14.7. The van der Waals surface area contributed by atoms with Gasteiger partial charge in [0.25, 0.3) is 5.91 Å². The molecule has 0 bridgehead atoms.